The van der Waals surface area contributed by atoms with E-state index in [4.69, 9.17) is 11.6 Å². The lowest BCUT2D eigenvalue weighted by atomic mass is 9.85. The predicted octanol–water partition coefficient (Wildman–Crippen LogP) is 7.30. The Labute approximate surface area is 282 Å². The predicted molar refractivity (Wildman–Crippen MR) is 185 cm³/mol. The van der Waals surface area contributed by atoms with Gasteiger partial charge in [0.05, 0.1) is 16.8 Å². The van der Waals surface area contributed by atoms with Crippen LogP contribution in [0.25, 0.3) is 20.9 Å². The highest BCUT2D eigenvalue weighted by Gasteiger charge is 2.50. The van der Waals surface area contributed by atoms with Crippen LogP contribution in [0.15, 0.2) is 88.7 Å². The van der Waals surface area contributed by atoms with Crippen molar-refractivity contribution in [2.75, 3.05) is 0 Å². The number of aromatic nitrogens is 1. The van der Waals surface area contributed by atoms with Gasteiger partial charge in [0.2, 0.25) is 5.91 Å². The van der Waals surface area contributed by atoms with Crippen molar-refractivity contribution < 1.29 is 14.4 Å². The summed E-state index contributed by atoms with van der Waals surface area (Å²) in [7, 11) is 0. The first-order valence-electron chi connectivity index (χ1n) is 15.1. The second kappa shape index (κ2) is 12.9. The number of halogens is 2. The molecule has 2 aliphatic carbocycles. The number of hydrogen-bond donors (Lipinski definition) is 3. The number of fused-ring (bicyclic) bond motifs is 4. The summed E-state index contributed by atoms with van der Waals surface area (Å²) < 4.78 is 1.64. The maximum Gasteiger partial charge on any atom is 0.281 e. The van der Waals surface area contributed by atoms with Gasteiger partial charge in [0.15, 0.2) is 0 Å². The number of hydrogen-bond acceptors (Lipinski definition) is 6. The molecule has 0 spiro atoms. The van der Waals surface area contributed by atoms with E-state index in [1.807, 2.05) is 36.4 Å². The number of carbonyl (C=O) groups excluding carboxylic acids is 3. The topological polar surface area (TPSA) is 113 Å². The van der Waals surface area contributed by atoms with Crippen LogP contribution in [-0.2, 0) is 11.2 Å². The lowest BCUT2D eigenvalue weighted by Gasteiger charge is -2.22. The number of carbonyl (C=O) groups is 3. The zero-order chi connectivity index (χ0) is 31.8. The van der Waals surface area contributed by atoms with Crippen LogP contribution >= 0.6 is 38.9 Å². The first kappa shape index (κ1) is 30.5. The van der Waals surface area contributed by atoms with Crippen LogP contribution in [0.2, 0.25) is 5.02 Å². The molecule has 3 amide bonds. The minimum Gasteiger partial charge on any atom is -0.273 e. The van der Waals surface area contributed by atoms with Crippen molar-refractivity contribution in [2.24, 2.45) is 28.8 Å². The standard InChI is InChI=1S/C35H29BrClN5O3S/c36-23-13-22(16-38-18-23)33(43)40-39-17-21-6-4-8-24-19(5-3-9-25(21)24)14-28-20-11-12-26(28)29(15-20)34(44)41-42-35(45)32-31(37)27-7-1-2-10-30(27)46-32/h1-10,13,16-18,20,26,28-29H,11-12,14-15H2,(H,40,43)(H,41,44)(H,42,45)/b39-17-. The molecule has 2 saturated carbocycles. The molecule has 2 aliphatic rings. The molecule has 7 rings (SSSR count). The first-order valence-corrected chi connectivity index (χ1v) is 17.1. The van der Waals surface area contributed by atoms with E-state index in [0.717, 1.165) is 52.1 Å². The summed E-state index contributed by atoms with van der Waals surface area (Å²) in [6, 6.07) is 21.6. The molecule has 11 heteroatoms. The van der Waals surface area contributed by atoms with Crippen LogP contribution in [0.3, 0.4) is 0 Å². The van der Waals surface area contributed by atoms with Crippen molar-refractivity contribution in [1.29, 1.82) is 0 Å². The minimum absolute atomic E-state index is 0.139. The summed E-state index contributed by atoms with van der Waals surface area (Å²) in [6.45, 7) is 0. The van der Waals surface area contributed by atoms with E-state index in [2.05, 4.69) is 66.6 Å². The van der Waals surface area contributed by atoms with Crippen molar-refractivity contribution in [3.8, 4) is 0 Å². The zero-order valence-electron chi connectivity index (χ0n) is 24.5. The fourth-order valence-electron chi connectivity index (χ4n) is 7.23. The highest BCUT2D eigenvalue weighted by atomic mass is 79.9. The minimum atomic E-state index is -0.404. The number of amides is 3. The van der Waals surface area contributed by atoms with Gasteiger partial charge >= 0.3 is 0 Å². The van der Waals surface area contributed by atoms with Gasteiger partial charge in [-0.3, -0.25) is 30.2 Å². The van der Waals surface area contributed by atoms with E-state index in [-0.39, 0.29) is 23.7 Å². The van der Waals surface area contributed by atoms with E-state index in [0.29, 0.717) is 31.8 Å². The van der Waals surface area contributed by atoms with Crippen LogP contribution in [-0.4, -0.2) is 28.9 Å². The molecule has 8 nitrogen and oxygen atoms in total. The van der Waals surface area contributed by atoms with Crippen molar-refractivity contribution in [2.45, 2.75) is 25.7 Å². The fourth-order valence-corrected chi connectivity index (χ4v) is 9.01. The molecule has 2 heterocycles. The molecule has 4 atom stereocenters. The van der Waals surface area contributed by atoms with E-state index in [1.165, 1.54) is 23.1 Å². The molecule has 2 bridgehead atoms. The van der Waals surface area contributed by atoms with E-state index in [9.17, 15) is 14.4 Å². The van der Waals surface area contributed by atoms with E-state index >= 15 is 0 Å². The molecule has 2 fully saturated rings. The van der Waals surface area contributed by atoms with Gasteiger partial charge in [0, 0.05) is 38.4 Å². The fraction of sp³-hybridized carbons (Fsp3) is 0.229. The number of nitrogens with zero attached hydrogens (tertiary/aromatic N) is 2. The molecular formula is C35H29BrClN5O3S. The first-order chi connectivity index (χ1) is 22.4. The third-order valence-electron chi connectivity index (χ3n) is 9.32. The van der Waals surface area contributed by atoms with Crippen molar-refractivity contribution in [3.05, 3.63) is 110 Å². The van der Waals surface area contributed by atoms with Gasteiger partial charge in [0.1, 0.15) is 4.88 Å². The van der Waals surface area contributed by atoms with Crippen molar-refractivity contribution in [1.82, 2.24) is 21.3 Å². The zero-order valence-corrected chi connectivity index (χ0v) is 27.7. The summed E-state index contributed by atoms with van der Waals surface area (Å²) in [4.78, 5) is 43.1. The molecule has 2 aromatic heterocycles. The van der Waals surface area contributed by atoms with Gasteiger partial charge in [-0.2, -0.15) is 5.10 Å². The number of rotatable bonds is 7. The number of nitrogens with one attached hydrogen (secondary N) is 3. The Morgan fingerprint density at radius 3 is 2.61 bits per heavy atom. The molecule has 46 heavy (non-hydrogen) atoms. The summed E-state index contributed by atoms with van der Waals surface area (Å²) >= 11 is 11.1. The molecule has 232 valence electrons. The maximum atomic E-state index is 13.3. The monoisotopic (exact) mass is 713 g/mol. The Kier molecular flexibility index (Phi) is 8.59. The van der Waals surface area contributed by atoms with Gasteiger partial charge in [-0.05, 0) is 87.8 Å². The van der Waals surface area contributed by atoms with Crippen molar-refractivity contribution >= 4 is 83.7 Å². The molecule has 3 aromatic carbocycles. The van der Waals surface area contributed by atoms with Crippen LogP contribution in [0.5, 0.6) is 0 Å². The molecule has 5 aromatic rings. The molecule has 0 radical (unpaired) electrons. The lowest BCUT2D eigenvalue weighted by molar-refractivity contribution is -0.127. The Balaban J connectivity index is 1.01. The Bertz CT molecular complexity index is 2030. The van der Waals surface area contributed by atoms with Gasteiger partial charge in [-0.15, -0.1) is 11.3 Å². The van der Waals surface area contributed by atoms with Crippen molar-refractivity contribution in [3.63, 3.8) is 0 Å². The smallest absolute Gasteiger partial charge is 0.273 e. The maximum absolute atomic E-state index is 13.3. The third-order valence-corrected chi connectivity index (χ3v) is 11.4. The van der Waals surface area contributed by atoms with E-state index < -0.39 is 5.91 Å². The van der Waals surface area contributed by atoms with Gasteiger partial charge < -0.3 is 0 Å². The largest absolute Gasteiger partial charge is 0.281 e. The number of benzene rings is 3. The van der Waals surface area contributed by atoms with Crippen LogP contribution in [0, 0.1) is 23.7 Å². The SMILES string of the molecule is O=C(N/N=C\c1cccc2c(CC3C4CCC3C(C(=O)NNC(=O)c3sc5ccccc5c3Cl)C4)cccc12)c1cncc(Br)c1. The highest BCUT2D eigenvalue weighted by Crippen LogP contribution is 2.54. The molecule has 3 N–H and O–H groups in total. The molecule has 0 aliphatic heterocycles. The average molecular weight is 715 g/mol. The van der Waals surface area contributed by atoms with Crippen LogP contribution in [0.1, 0.15) is 50.4 Å². The summed E-state index contributed by atoms with van der Waals surface area (Å²) in [5.41, 5.74) is 10.4. The summed E-state index contributed by atoms with van der Waals surface area (Å²) in [5.74, 6) is 0.0469. The second-order valence-electron chi connectivity index (χ2n) is 11.8. The molecular weight excluding hydrogens is 686 g/mol. The Hall–Kier alpha value is -4.12. The van der Waals surface area contributed by atoms with Crippen LogP contribution in [0.4, 0.5) is 0 Å². The summed E-state index contributed by atoms with van der Waals surface area (Å²) in [6.07, 6.45) is 8.56. The number of pyridine rings is 1. The van der Waals surface area contributed by atoms with Gasteiger partial charge in [0.25, 0.3) is 11.8 Å². The van der Waals surface area contributed by atoms with Crippen LogP contribution < -0.4 is 16.3 Å². The third kappa shape index (κ3) is 5.92. The Morgan fingerprint density at radius 2 is 1.76 bits per heavy atom. The van der Waals surface area contributed by atoms with Gasteiger partial charge in [-0.25, -0.2) is 5.43 Å². The second-order valence-corrected chi connectivity index (χ2v) is 14.2. The summed E-state index contributed by atoms with van der Waals surface area (Å²) in [5, 5.41) is 7.62. The molecule has 0 saturated heterocycles. The quantitative estimate of drug-likeness (QED) is 0.121. The number of hydrazone groups is 1. The van der Waals surface area contributed by atoms with E-state index in [1.54, 1.807) is 18.5 Å². The number of thiophene rings is 1. The highest BCUT2D eigenvalue weighted by molar-refractivity contribution is 9.10. The van der Waals surface area contributed by atoms with Gasteiger partial charge in [-0.1, -0.05) is 66.2 Å². The Morgan fingerprint density at radius 1 is 0.957 bits per heavy atom. The lowest BCUT2D eigenvalue weighted by Crippen LogP contribution is -2.45. The normalized spacial score (nSPS) is 20.4. The number of hydrazine groups is 1. The molecule has 4 unspecified atom stereocenters. The average Bonchev–Trinajstić information content (AvgIpc) is 3.74.